The maximum absolute atomic E-state index is 7.33. The number of hydrogen-bond donors (Lipinski definition) is 7. The van der Waals surface area contributed by atoms with Crippen LogP contribution in [0.5, 0.6) is 0 Å². The molecule has 1 rings (SSSR count). The molecule has 0 fully saturated rings. The molecule has 10 nitrogen and oxygen atoms in total. The van der Waals surface area contributed by atoms with Crippen LogP contribution in [-0.4, -0.2) is 43.2 Å². The van der Waals surface area contributed by atoms with Crippen molar-refractivity contribution >= 4 is 26.9 Å². The van der Waals surface area contributed by atoms with Crippen LogP contribution >= 0.6 is 0 Å². The Bertz CT molecular complexity index is 245. The van der Waals surface area contributed by atoms with Crippen LogP contribution in [0.2, 0.25) is 0 Å². The number of hydrogen-bond acceptors (Lipinski definition) is 10. The first kappa shape index (κ1) is 12.5. The first-order valence-corrected chi connectivity index (χ1v) is 4.89. The average Bonchev–Trinajstić information content (AvgIpc) is 1.77. The Labute approximate surface area is 79.2 Å². The van der Waals surface area contributed by atoms with Crippen LogP contribution in [-0.2, 0) is 0 Å². The highest BCUT2D eigenvalue weighted by Crippen LogP contribution is 1.97. The molecule has 0 spiro atoms. The molecule has 10 N–H and O–H groups in total. The van der Waals surface area contributed by atoms with Crippen LogP contribution in [0, 0.1) is 0 Å². The molecule has 0 aromatic carbocycles. The summed E-state index contributed by atoms with van der Waals surface area (Å²) >= 11 is 0. The Kier molecular flexibility index (Phi) is 4.13. The van der Waals surface area contributed by atoms with Gasteiger partial charge in [-0.2, -0.15) is 15.0 Å². The zero-order chi connectivity index (χ0) is 11.4. The fraction of sp³-hybridized carbons (Fsp3) is 0. The third kappa shape index (κ3) is 8.56. The van der Waals surface area contributed by atoms with Crippen molar-refractivity contribution in [3.8, 4) is 0 Å². The zero-order valence-electron chi connectivity index (χ0n) is 6.86. The summed E-state index contributed by atoms with van der Waals surface area (Å²) in [4.78, 5) is 39.8. The molecule has 1 heterocycles. The van der Waals surface area contributed by atoms with Gasteiger partial charge in [0.05, 0.1) is 0 Å². The highest BCUT2D eigenvalue weighted by atomic mass is 28.4. The quantitative estimate of drug-likeness (QED) is 0.212. The van der Waals surface area contributed by atoms with Gasteiger partial charge in [-0.25, -0.2) is 0 Å². The van der Waals surface area contributed by atoms with Gasteiger partial charge >= 0.3 is 9.05 Å². The summed E-state index contributed by atoms with van der Waals surface area (Å²) in [6, 6.07) is 0. The molecule has 0 unspecified atom stereocenters. The van der Waals surface area contributed by atoms with E-state index in [-0.39, 0.29) is 17.8 Å². The summed E-state index contributed by atoms with van der Waals surface area (Å²) in [5, 5.41) is 0. The number of nitrogens with zero attached hydrogens (tertiary/aromatic N) is 3. The third-order valence-electron chi connectivity index (χ3n) is 0.687. The van der Waals surface area contributed by atoms with Crippen molar-refractivity contribution in [1.29, 1.82) is 0 Å². The molecule has 0 aliphatic rings. The molecule has 0 aliphatic carbocycles. The van der Waals surface area contributed by atoms with Gasteiger partial charge in [-0.05, 0) is 0 Å². The van der Waals surface area contributed by atoms with Crippen molar-refractivity contribution in [2.24, 2.45) is 0 Å². The van der Waals surface area contributed by atoms with Gasteiger partial charge in [-0.3, -0.25) is 0 Å². The van der Waals surface area contributed by atoms with E-state index in [0.29, 0.717) is 0 Å². The Morgan fingerprint density at radius 2 is 0.857 bits per heavy atom. The van der Waals surface area contributed by atoms with E-state index in [9.17, 15) is 0 Å². The number of nitrogens with two attached hydrogens (primary N) is 3. The van der Waals surface area contributed by atoms with Crippen LogP contribution in [0.3, 0.4) is 0 Å². The van der Waals surface area contributed by atoms with Crippen molar-refractivity contribution in [2.45, 2.75) is 0 Å². The number of anilines is 3. The maximum Gasteiger partial charge on any atom is 0.668 e. The summed E-state index contributed by atoms with van der Waals surface area (Å²) in [6.07, 6.45) is 0. The highest BCUT2D eigenvalue weighted by molar-refractivity contribution is 6.46. The lowest BCUT2D eigenvalue weighted by atomic mass is 10.9. The van der Waals surface area contributed by atoms with Crippen molar-refractivity contribution < 1.29 is 19.2 Å². The second-order valence-corrected chi connectivity index (χ2v) is 3.21. The van der Waals surface area contributed by atoms with Crippen LogP contribution in [0.25, 0.3) is 0 Å². The molecule has 1 aromatic heterocycles. The minimum Gasteiger partial charge on any atom is -0.368 e. The lowest BCUT2D eigenvalue weighted by Crippen LogP contribution is -2.33. The maximum atomic E-state index is 7.33. The average molecular weight is 222 g/mol. The molecule has 0 atom stereocenters. The summed E-state index contributed by atoms with van der Waals surface area (Å²) < 4.78 is 0. The third-order valence-corrected chi connectivity index (χ3v) is 0.687. The van der Waals surface area contributed by atoms with Gasteiger partial charge in [0.25, 0.3) is 0 Å². The van der Waals surface area contributed by atoms with Gasteiger partial charge in [0.1, 0.15) is 0 Å². The largest absolute Gasteiger partial charge is 0.668 e. The first-order chi connectivity index (χ1) is 6.18. The topological polar surface area (TPSA) is 198 Å². The molecule has 0 aliphatic heterocycles. The number of rotatable bonds is 0. The molecular formula is C3H10N6O4Si. The number of nitrogen functional groups attached to an aromatic ring is 3. The molecule has 1 aromatic rings. The Hall–Kier alpha value is -1.53. The molecule has 0 radical (unpaired) electrons. The van der Waals surface area contributed by atoms with Gasteiger partial charge in [0.15, 0.2) is 0 Å². The van der Waals surface area contributed by atoms with Crippen LogP contribution < -0.4 is 17.2 Å². The Balaban J connectivity index is 0.000000292. The highest BCUT2D eigenvalue weighted by Gasteiger charge is 2.22. The van der Waals surface area contributed by atoms with Crippen LogP contribution in [0.1, 0.15) is 0 Å². The Morgan fingerprint density at radius 3 is 1.00 bits per heavy atom. The van der Waals surface area contributed by atoms with Crippen molar-refractivity contribution in [3.63, 3.8) is 0 Å². The predicted octanol–water partition coefficient (Wildman–Crippen LogP) is -3.99. The van der Waals surface area contributed by atoms with E-state index in [2.05, 4.69) is 15.0 Å². The Morgan fingerprint density at radius 1 is 0.714 bits per heavy atom. The minimum atomic E-state index is -4.61. The fourth-order valence-corrected chi connectivity index (χ4v) is 0.427. The molecule has 11 heteroatoms. The standard InChI is InChI=1S/C3H6N6.H4O4Si/c4-1-7-2(5)9-3(6)8-1;1-5(2,3)4/h(H6,4,5,6,7,8,9);1-4H. The molecule has 0 saturated heterocycles. The van der Waals surface area contributed by atoms with E-state index in [1.165, 1.54) is 0 Å². The molecular weight excluding hydrogens is 212 g/mol. The van der Waals surface area contributed by atoms with E-state index < -0.39 is 9.05 Å². The summed E-state index contributed by atoms with van der Waals surface area (Å²) in [5.74, 6) is 0.125. The van der Waals surface area contributed by atoms with Gasteiger partial charge in [0, 0.05) is 0 Å². The van der Waals surface area contributed by atoms with Gasteiger partial charge < -0.3 is 36.4 Å². The van der Waals surface area contributed by atoms with Gasteiger partial charge in [-0.15, -0.1) is 0 Å². The van der Waals surface area contributed by atoms with E-state index in [0.717, 1.165) is 0 Å². The van der Waals surface area contributed by atoms with E-state index in [4.69, 9.17) is 36.4 Å². The smallest absolute Gasteiger partial charge is 0.368 e. The normalized spacial score (nSPS) is 10.3. The second kappa shape index (κ2) is 4.63. The van der Waals surface area contributed by atoms with Crippen LogP contribution in [0.4, 0.5) is 17.8 Å². The number of aromatic nitrogens is 3. The molecule has 80 valence electrons. The lowest BCUT2D eigenvalue weighted by molar-refractivity contribution is 0.117. The fourth-order valence-electron chi connectivity index (χ4n) is 0.427. The van der Waals surface area contributed by atoms with Crippen molar-refractivity contribution in [3.05, 3.63) is 0 Å². The lowest BCUT2D eigenvalue weighted by Gasteiger charge is -1.93. The predicted molar refractivity (Wildman–Crippen MR) is 47.7 cm³/mol. The molecule has 0 saturated carbocycles. The zero-order valence-corrected chi connectivity index (χ0v) is 7.86. The van der Waals surface area contributed by atoms with E-state index in [1.54, 1.807) is 0 Å². The molecule has 0 bridgehead atoms. The minimum absolute atomic E-state index is 0.0417. The second-order valence-electron chi connectivity index (χ2n) is 2.01. The SMILES string of the molecule is Nc1nc(N)nc(N)n1.O[Si](O)(O)O. The molecule has 14 heavy (non-hydrogen) atoms. The summed E-state index contributed by atoms with van der Waals surface area (Å²) in [6.45, 7) is 0. The van der Waals surface area contributed by atoms with E-state index in [1.807, 2.05) is 0 Å². The van der Waals surface area contributed by atoms with Gasteiger partial charge in [-0.1, -0.05) is 0 Å². The van der Waals surface area contributed by atoms with Crippen molar-refractivity contribution in [2.75, 3.05) is 17.2 Å². The summed E-state index contributed by atoms with van der Waals surface area (Å²) in [7, 11) is -4.61. The monoisotopic (exact) mass is 222 g/mol. The van der Waals surface area contributed by atoms with Crippen LogP contribution in [0.15, 0.2) is 0 Å². The van der Waals surface area contributed by atoms with E-state index >= 15 is 0 Å². The molecule has 0 amide bonds. The van der Waals surface area contributed by atoms with Crippen molar-refractivity contribution in [1.82, 2.24) is 15.0 Å². The van der Waals surface area contributed by atoms with Gasteiger partial charge in [0.2, 0.25) is 17.8 Å². The summed E-state index contributed by atoms with van der Waals surface area (Å²) in [5.41, 5.74) is 15.4. The first-order valence-electron chi connectivity index (χ1n) is 3.10.